The van der Waals surface area contributed by atoms with Crippen LogP contribution in [-0.4, -0.2) is 39.5 Å². The third-order valence-corrected chi connectivity index (χ3v) is 6.67. The van der Waals surface area contributed by atoms with Crippen molar-refractivity contribution in [2.45, 2.75) is 32.4 Å². The highest BCUT2D eigenvalue weighted by molar-refractivity contribution is 6.03. The van der Waals surface area contributed by atoms with Crippen LogP contribution >= 0.6 is 0 Å². The predicted molar refractivity (Wildman–Crippen MR) is 142 cm³/mol. The Kier molecular flexibility index (Phi) is 7.05. The van der Waals surface area contributed by atoms with Gasteiger partial charge in [-0.25, -0.2) is 4.79 Å². The maximum Gasteiger partial charge on any atom is 0.336 e. The van der Waals surface area contributed by atoms with Gasteiger partial charge in [-0.1, -0.05) is 36.4 Å². The zero-order valence-corrected chi connectivity index (χ0v) is 20.6. The Morgan fingerprint density at radius 2 is 1.78 bits per heavy atom. The quantitative estimate of drug-likeness (QED) is 0.378. The molecule has 0 spiro atoms. The molecule has 0 radical (unpaired) electrons. The van der Waals surface area contributed by atoms with Gasteiger partial charge in [-0.2, -0.15) is 0 Å². The van der Waals surface area contributed by atoms with Crippen molar-refractivity contribution in [3.8, 4) is 11.1 Å². The number of aromatic carboxylic acids is 1. The maximum absolute atomic E-state index is 14.0. The molecule has 5 rings (SSSR count). The molecule has 0 aliphatic carbocycles. The molecule has 2 N–H and O–H groups in total. The van der Waals surface area contributed by atoms with E-state index in [9.17, 15) is 14.7 Å². The number of carbonyl (C=O) groups excluding carboxylic acids is 1. The van der Waals surface area contributed by atoms with Crippen LogP contribution in [0.25, 0.3) is 11.1 Å². The molecule has 1 unspecified atom stereocenters. The molecule has 4 aromatic rings. The first kappa shape index (κ1) is 24.3. The summed E-state index contributed by atoms with van der Waals surface area (Å²) in [5, 5.41) is 13.4. The molecule has 186 valence electrons. The summed E-state index contributed by atoms with van der Waals surface area (Å²) < 4.78 is 0. The highest BCUT2D eigenvalue weighted by Gasteiger charge is 2.33. The summed E-state index contributed by atoms with van der Waals surface area (Å²) >= 11 is 0. The van der Waals surface area contributed by atoms with E-state index in [2.05, 4.69) is 15.3 Å². The van der Waals surface area contributed by atoms with Gasteiger partial charge < -0.3 is 10.0 Å². The predicted octanol–water partition coefficient (Wildman–Crippen LogP) is 4.44. The average Bonchev–Trinajstić information content (AvgIpc) is 3.35. The fourth-order valence-corrected chi connectivity index (χ4v) is 4.83. The minimum Gasteiger partial charge on any atom is -0.478 e. The Morgan fingerprint density at radius 1 is 0.973 bits per heavy atom. The Morgan fingerprint density at radius 3 is 2.51 bits per heavy atom. The molecule has 7 nitrogen and oxygen atoms in total. The first-order valence-electron chi connectivity index (χ1n) is 12.3. The summed E-state index contributed by atoms with van der Waals surface area (Å²) in [5.41, 5.74) is 5.93. The molecule has 7 heteroatoms. The molecule has 1 atom stereocenters. The maximum atomic E-state index is 14.0. The van der Waals surface area contributed by atoms with Gasteiger partial charge in [0.15, 0.2) is 0 Å². The number of nitrogens with one attached hydrogen (secondary N) is 1. The molecule has 0 saturated heterocycles. The van der Waals surface area contributed by atoms with Crippen LogP contribution in [0.4, 0.5) is 5.69 Å². The number of amides is 1. The highest BCUT2D eigenvalue weighted by Crippen LogP contribution is 2.36. The fourth-order valence-electron chi connectivity index (χ4n) is 4.83. The van der Waals surface area contributed by atoms with Crippen molar-refractivity contribution in [1.29, 1.82) is 0 Å². The van der Waals surface area contributed by atoms with Gasteiger partial charge in [0.2, 0.25) is 5.91 Å². The molecule has 3 heterocycles. The number of nitrogens with zero attached hydrogens (tertiary/aromatic N) is 3. The van der Waals surface area contributed by atoms with E-state index in [1.54, 1.807) is 23.4 Å². The van der Waals surface area contributed by atoms with Crippen molar-refractivity contribution in [3.05, 3.63) is 113 Å². The Bertz CT molecular complexity index is 1420. The largest absolute Gasteiger partial charge is 0.478 e. The van der Waals surface area contributed by atoms with Crippen molar-refractivity contribution >= 4 is 17.6 Å². The lowest BCUT2D eigenvalue weighted by Crippen LogP contribution is -2.47. The number of hydrogen-bond acceptors (Lipinski definition) is 5. The highest BCUT2D eigenvalue weighted by atomic mass is 16.4. The third kappa shape index (κ3) is 5.42. The minimum absolute atomic E-state index is 0.0852. The van der Waals surface area contributed by atoms with Crippen molar-refractivity contribution in [2.75, 3.05) is 11.4 Å². The number of aromatic nitrogens is 2. The van der Waals surface area contributed by atoms with Crippen LogP contribution < -0.4 is 10.2 Å². The Hall–Kier alpha value is -4.36. The molecule has 0 fully saturated rings. The third-order valence-electron chi connectivity index (χ3n) is 6.67. The summed E-state index contributed by atoms with van der Waals surface area (Å²) in [4.78, 5) is 36.6. The first-order valence-corrected chi connectivity index (χ1v) is 12.3. The van der Waals surface area contributed by atoms with Gasteiger partial charge in [-0.3, -0.25) is 20.1 Å². The van der Waals surface area contributed by atoms with E-state index in [1.807, 2.05) is 73.7 Å². The van der Waals surface area contributed by atoms with Crippen LogP contribution in [0.3, 0.4) is 0 Å². The molecule has 0 saturated carbocycles. The molecule has 1 aliphatic rings. The number of aryl methyl sites for hydroxylation is 1. The second-order valence-corrected chi connectivity index (χ2v) is 9.20. The zero-order valence-electron chi connectivity index (χ0n) is 20.6. The van der Waals surface area contributed by atoms with Crippen molar-refractivity contribution in [2.24, 2.45) is 0 Å². The van der Waals surface area contributed by atoms with Gasteiger partial charge in [0.05, 0.1) is 17.3 Å². The molecule has 37 heavy (non-hydrogen) atoms. The Labute approximate surface area is 215 Å². The summed E-state index contributed by atoms with van der Waals surface area (Å²) in [5.74, 6) is -1.08. The molecular formula is C30H28N4O3. The van der Waals surface area contributed by atoms with Crippen molar-refractivity contribution in [1.82, 2.24) is 15.3 Å². The number of benzene rings is 2. The van der Waals surface area contributed by atoms with Crippen LogP contribution in [0.5, 0.6) is 0 Å². The normalized spacial score (nSPS) is 13.3. The molecule has 0 bridgehead atoms. The van der Waals surface area contributed by atoms with Crippen molar-refractivity contribution < 1.29 is 14.7 Å². The van der Waals surface area contributed by atoms with Gasteiger partial charge in [0.25, 0.3) is 0 Å². The Balaban J connectivity index is 1.49. The van der Waals surface area contributed by atoms with Gasteiger partial charge in [-0.15, -0.1) is 0 Å². The summed E-state index contributed by atoms with van der Waals surface area (Å²) in [6, 6.07) is 22.5. The van der Waals surface area contributed by atoms with Gasteiger partial charge >= 0.3 is 5.97 Å². The second kappa shape index (κ2) is 10.7. The monoisotopic (exact) mass is 492 g/mol. The topological polar surface area (TPSA) is 95.4 Å². The van der Waals surface area contributed by atoms with E-state index >= 15 is 0 Å². The average molecular weight is 493 g/mol. The second-order valence-electron chi connectivity index (χ2n) is 9.20. The number of anilines is 1. The lowest BCUT2D eigenvalue weighted by atomic mass is 9.97. The van der Waals surface area contributed by atoms with Crippen molar-refractivity contribution in [3.63, 3.8) is 0 Å². The minimum atomic E-state index is -0.993. The smallest absolute Gasteiger partial charge is 0.336 e. The lowest BCUT2D eigenvalue weighted by Gasteiger charge is -2.26. The molecular weight excluding hydrogens is 464 g/mol. The summed E-state index contributed by atoms with van der Waals surface area (Å²) in [6.45, 7) is 2.78. The number of hydrogen-bond donors (Lipinski definition) is 2. The fraction of sp³-hybridized carbons (Fsp3) is 0.200. The number of fused-ring (bicyclic) bond motifs is 1. The van der Waals surface area contributed by atoms with E-state index in [4.69, 9.17) is 0 Å². The van der Waals surface area contributed by atoms with Crippen LogP contribution in [0, 0.1) is 6.92 Å². The summed E-state index contributed by atoms with van der Waals surface area (Å²) in [7, 11) is 0. The van der Waals surface area contributed by atoms with Crippen LogP contribution in [0.2, 0.25) is 0 Å². The van der Waals surface area contributed by atoms with Crippen LogP contribution in [0.15, 0.2) is 85.2 Å². The van der Waals surface area contributed by atoms with E-state index in [0.717, 1.165) is 28.1 Å². The molecule has 1 amide bonds. The first-order chi connectivity index (χ1) is 18.0. The molecule has 2 aromatic heterocycles. The summed E-state index contributed by atoms with van der Waals surface area (Å²) in [6.07, 6.45) is 4.44. The molecule has 2 aromatic carbocycles. The van der Waals surface area contributed by atoms with E-state index in [0.29, 0.717) is 37.2 Å². The lowest BCUT2D eigenvalue weighted by molar-refractivity contribution is -0.120. The van der Waals surface area contributed by atoms with Crippen LogP contribution in [-0.2, 0) is 24.2 Å². The number of rotatable bonds is 8. The number of carboxylic acid groups (broad SMARTS) is 1. The zero-order chi connectivity index (χ0) is 25.8. The SMILES string of the molecule is Cc1cc(-c2cc(C(=O)O)c3c(c2)N(C(=O)C(Cc2ccccc2)NCc2ccccn2)CC3)ccn1. The van der Waals surface area contributed by atoms with Gasteiger partial charge in [-0.05, 0) is 78.4 Å². The molecule has 1 aliphatic heterocycles. The standard InChI is InChI=1S/C30H28N4O3/c1-20-15-22(10-13-31-20)23-17-26(30(36)37)25-11-14-34(28(25)18-23)29(35)27(16-21-7-3-2-4-8-21)33-19-24-9-5-6-12-32-24/h2-10,12-13,15,17-18,27,33H,11,14,16,19H2,1H3,(H,36,37). The van der Waals surface area contributed by atoms with Gasteiger partial charge in [0.1, 0.15) is 0 Å². The van der Waals surface area contributed by atoms with E-state index in [-0.39, 0.29) is 11.5 Å². The number of carbonyl (C=O) groups is 2. The van der Waals surface area contributed by atoms with Gasteiger partial charge in [0, 0.05) is 36.9 Å². The van der Waals surface area contributed by atoms with E-state index in [1.165, 1.54) is 0 Å². The van der Waals surface area contributed by atoms with Crippen LogP contribution in [0.1, 0.15) is 32.9 Å². The number of carboxylic acids is 1. The van der Waals surface area contributed by atoms with E-state index < -0.39 is 12.0 Å². The number of pyridine rings is 2.